The quantitative estimate of drug-likeness (QED) is 0.804. The number of nitrogens with two attached hydrogens (primary N) is 1. The monoisotopic (exact) mass is 274 g/mol. The van der Waals surface area contributed by atoms with Gasteiger partial charge in [0, 0.05) is 18.8 Å². The third-order valence-corrected chi connectivity index (χ3v) is 4.77. The number of amides is 1. The summed E-state index contributed by atoms with van der Waals surface area (Å²) in [6.45, 7) is 3.34. The number of hydrogen-bond donors (Lipinski definition) is 2. The zero-order valence-corrected chi connectivity index (χ0v) is 11.9. The Hall–Kier alpha value is -1.55. The first-order valence-electron chi connectivity index (χ1n) is 7.36. The van der Waals surface area contributed by atoms with Crippen molar-refractivity contribution >= 4 is 11.6 Å². The molecule has 1 amide bonds. The van der Waals surface area contributed by atoms with Gasteiger partial charge in [0.15, 0.2) is 0 Å². The Kier molecular flexibility index (Phi) is 3.21. The van der Waals surface area contributed by atoms with Gasteiger partial charge in [0.2, 0.25) is 5.91 Å². The molecule has 3 rings (SSSR count). The Labute approximate surface area is 119 Å². The molecule has 2 fully saturated rings. The van der Waals surface area contributed by atoms with Crippen molar-refractivity contribution in [3.63, 3.8) is 0 Å². The van der Waals surface area contributed by atoms with Crippen molar-refractivity contribution < 1.29 is 9.90 Å². The lowest BCUT2D eigenvalue weighted by Crippen LogP contribution is -2.48. The molecule has 3 N–H and O–H groups in total. The van der Waals surface area contributed by atoms with Crippen molar-refractivity contribution in [2.45, 2.75) is 37.7 Å². The molecular formula is C16H22N2O2. The largest absolute Gasteiger partial charge is 0.399 e. The predicted molar refractivity (Wildman–Crippen MR) is 78.1 cm³/mol. The number of aliphatic hydroxyl groups is 1. The van der Waals surface area contributed by atoms with Crippen LogP contribution in [0.5, 0.6) is 0 Å². The predicted octanol–water partition coefficient (Wildman–Crippen LogP) is 1.53. The number of nitrogen functional groups attached to an aromatic ring is 1. The topological polar surface area (TPSA) is 66.6 Å². The average molecular weight is 274 g/mol. The van der Waals surface area contributed by atoms with Crippen LogP contribution in [0.2, 0.25) is 0 Å². The van der Waals surface area contributed by atoms with Crippen LogP contribution in [0.1, 0.15) is 31.7 Å². The highest BCUT2D eigenvalue weighted by Gasteiger charge is 2.53. The lowest BCUT2D eigenvalue weighted by Gasteiger charge is -2.36. The maximum atomic E-state index is 12.8. The first kappa shape index (κ1) is 13.4. The Balaban J connectivity index is 1.78. The first-order chi connectivity index (χ1) is 9.53. The van der Waals surface area contributed by atoms with E-state index in [2.05, 4.69) is 0 Å². The fraction of sp³-hybridized carbons (Fsp3) is 0.562. The molecule has 2 unspecified atom stereocenters. The molecule has 0 bridgehead atoms. The second-order valence-electron chi connectivity index (χ2n) is 6.29. The molecule has 4 heteroatoms. The number of likely N-dealkylation sites (tertiary alicyclic amines) is 1. The summed E-state index contributed by atoms with van der Waals surface area (Å²) >= 11 is 0. The number of rotatable bonds is 2. The smallest absolute Gasteiger partial charge is 0.233 e. The molecule has 1 saturated carbocycles. The van der Waals surface area contributed by atoms with Gasteiger partial charge in [-0.15, -0.1) is 0 Å². The van der Waals surface area contributed by atoms with Crippen molar-refractivity contribution in [3.05, 3.63) is 29.8 Å². The molecule has 2 aliphatic rings. The van der Waals surface area contributed by atoms with E-state index >= 15 is 0 Å². The minimum absolute atomic E-state index is 0.162. The van der Waals surface area contributed by atoms with Gasteiger partial charge in [-0.3, -0.25) is 4.79 Å². The van der Waals surface area contributed by atoms with Crippen molar-refractivity contribution in [1.29, 1.82) is 0 Å². The zero-order chi connectivity index (χ0) is 14.3. The van der Waals surface area contributed by atoms with E-state index in [0.717, 1.165) is 24.1 Å². The summed E-state index contributed by atoms with van der Waals surface area (Å²) in [6, 6.07) is 7.68. The minimum Gasteiger partial charge on any atom is -0.399 e. The van der Waals surface area contributed by atoms with Crippen molar-refractivity contribution in [2.24, 2.45) is 5.92 Å². The molecule has 0 radical (unpaired) electrons. The van der Waals surface area contributed by atoms with Crippen LogP contribution in [0.4, 0.5) is 5.69 Å². The van der Waals surface area contributed by atoms with E-state index < -0.39 is 0 Å². The van der Waals surface area contributed by atoms with Gasteiger partial charge in [0.05, 0.1) is 11.5 Å². The number of hydrogen-bond acceptors (Lipinski definition) is 3. The van der Waals surface area contributed by atoms with E-state index in [4.69, 9.17) is 5.73 Å². The second kappa shape index (κ2) is 4.77. The van der Waals surface area contributed by atoms with E-state index in [1.807, 2.05) is 36.1 Å². The van der Waals surface area contributed by atoms with Crippen LogP contribution >= 0.6 is 0 Å². The minimum atomic E-state index is -0.324. The van der Waals surface area contributed by atoms with Crippen LogP contribution < -0.4 is 5.73 Å². The third kappa shape index (κ3) is 2.18. The van der Waals surface area contributed by atoms with E-state index in [0.29, 0.717) is 19.5 Å². The second-order valence-corrected chi connectivity index (χ2v) is 6.29. The molecule has 1 aromatic rings. The van der Waals surface area contributed by atoms with Crippen molar-refractivity contribution in [2.75, 3.05) is 18.8 Å². The molecule has 1 aromatic carbocycles. The van der Waals surface area contributed by atoms with Gasteiger partial charge in [-0.1, -0.05) is 19.1 Å². The van der Waals surface area contributed by atoms with Crippen molar-refractivity contribution in [3.8, 4) is 0 Å². The molecule has 20 heavy (non-hydrogen) atoms. The van der Waals surface area contributed by atoms with E-state index in [1.54, 1.807) is 0 Å². The number of carbonyl (C=O) groups is 1. The summed E-state index contributed by atoms with van der Waals surface area (Å²) < 4.78 is 0. The fourth-order valence-electron chi connectivity index (χ4n) is 3.17. The molecule has 2 atom stereocenters. The zero-order valence-electron chi connectivity index (χ0n) is 11.9. The Bertz CT molecular complexity index is 508. The first-order valence-corrected chi connectivity index (χ1v) is 7.36. The lowest BCUT2D eigenvalue weighted by atomic mass is 9.91. The summed E-state index contributed by atoms with van der Waals surface area (Å²) in [6.07, 6.45) is 2.25. The summed E-state index contributed by atoms with van der Waals surface area (Å²) in [5, 5.41) is 9.79. The number of aliphatic hydroxyl groups excluding tert-OH is 1. The standard InChI is InChI=1S/C16H22N2O2/c1-11-10-18(9-6-14(11)19)15(20)16(7-8-16)12-2-4-13(17)5-3-12/h2-5,11,14,19H,6-10,17H2,1H3. The maximum absolute atomic E-state index is 12.8. The molecular weight excluding hydrogens is 252 g/mol. The SMILES string of the molecule is CC1CN(C(=O)C2(c3ccc(N)cc3)CC2)CCC1O. The molecule has 108 valence electrons. The molecule has 1 aliphatic carbocycles. The van der Waals surface area contributed by atoms with Gasteiger partial charge in [0.1, 0.15) is 0 Å². The Morgan fingerprint density at radius 1 is 1.35 bits per heavy atom. The Morgan fingerprint density at radius 2 is 2.00 bits per heavy atom. The fourth-order valence-corrected chi connectivity index (χ4v) is 3.17. The van der Waals surface area contributed by atoms with Gasteiger partial charge < -0.3 is 15.7 Å². The highest BCUT2D eigenvalue weighted by atomic mass is 16.3. The number of benzene rings is 1. The van der Waals surface area contributed by atoms with Crippen LogP contribution in [-0.2, 0) is 10.2 Å². The molecule has 1 aliphatic heterocycles. The number of anilines is 1. The molecule has 1 heterocycles. The van der Waals surface area contributed by atoms with Crippen LogP contribution in [0, 0.1) is 5.92 Å². The van der Waals surface area contributed by atoms with Crippen LogP contribution in [0.25, 0.3) is 0 Å². The lowest BCUT2D eigenvalue weighted by molar-refractivity contribution is -0.137. The summed E-state index contributed by atoms with van der Waals surface area (Å²) in [5.41, 5.74) is 7.20. The van der Waals surface area contributed by atoms with E-state index in [1.165, 1.54) is 0 Å². The van der Waals surface area contributed by atoms with Gasteiger partial charge >= 0.3 is 0 Å². The molecule has 0 spiro atoms. The van der Waals surface area contributed by atoms with Gasteiger partial charge in [-0.05, 0) is 42.9 Å². The van der Waals surface area contributed by atoms with Crippen LogP contribution in [-0.4, -0.2) is 35.1 Å². The molecule has 1 saturated heterocycles. The highest BCUT2D eigenvalue weighted by Crippen LogP contribution is 2.50. The maximum Gasteiger partial charge on any atom is 0.233 e. The highest BCUT2D eigenvalue weighted by molar-refractivity contribution is 5.91. The number of piperidine rings is 1. The van der Waals surface area contributed by atoms with Gasteiger partial charge in [-0.25, -0.2) is 0 Å². The van der Waals surface area contributed by atoms with Crippen molar-refractivity contribution in [1.82, 2.24) is 4.90 Å². The normalized spacial score (nSPS) is 28.2. The van der Waals surface area contributed by atoms with Gasteiger partial charge in [0.25, 0.3) is 0 Å². The molecule has 4 nitrogen and oxygen atoms in total. The average Bonchev–Trinajstić information content (AvgIpc) is 3.23. The Morgan fingerprint density at radius 3 is 2.55 bits per heavy atom. The van der Waals surface area contributed by atoms with Gasteiger partial charge in [-0.2, -0.15) is 0 Å². The summed E-state index contributed by atoms with van der Waals surface area (Å²) in [7, 11) is 0. The summed E-state index contributed by atoms with van der Waals surface area (Å²) in [5.74, 6) is 0.385. The van der Waals surface area contributed by atoms with E-state index in [9.17, 15) is 9.90 Å². The van der Waals surface area contributed by atoms with Crippen LogP contribution in [0.3, 0.4) is 0 Å². The van der Waals surface area contributed by atoms with E-state index in [-0.39, 0.29) is 23.3 Å². The number of nitrogens with zero attached hydrogens (tertiary/aromatic N) is 1. The van der Waals surface area contributed by atoms with Crippen LogP contribution in [0.15, 0.2) is 24.3 Å². The summed E-state index contributed by atoms with van der Waals surface area (Å²) in [4.78, 5) is 14.8. The number of carbonyl (C=O) groups excluding carboxylic acids is 1. The third-order valence-electron chi connectivity index (χ3n) is 4.77. The molecule has 0 aromatic heterocycles.